The van der Waals surface area contributed by atoms with Gasteiger partial charge in [-0.25, -0.2) is 4.98 Å². The molecular weight excluding hydrogens is 270 g/mol. The Balaban J connectivity index is 2.39. The van der Waals surface area contributed by atoms with Crippen molar-refractivity contribution in [1.29, 1.82) is 0 Å². The molecule has 3 nitrogen and oxygen atoms in total. The summed E-state index contributed by atoms with van der Waals surface area (Å²) >= 11 is 6.32. The van der Waals surface area contributed by atoms with Crippen LogP contribution in [0.15, 0.2) is 36.7 Å². The summed E-state index contributed by atoms with van der Waals surface area (Å²) in [4.78, 5) is 8.77. The number of nitrogens with zero attached hydrogens (tertiary/aromatic N) is 3. The number of pyridine rings is 1. The third kappa shape index (κ3) is 1.98. The van der Waals surface area contributed by atoms with Crippen molar-refractivity contribution >= 4 is 22.6 Å². The van der Waals surface area contributed by atoms with E-state index >= 15 is 0 Å². The van der Waals surface area contributed by atoms with E-state index < -0.39 is 0 Å². The Morgan fingerprint density at radius 3 is 2.75 bits per heavy atom. The van der Waals surface area contributed by atoms with Gasteiger partial charge in [0, 0.05) is 6.20 Å². The molecule has 0 aliphatic rings. The fourth-order valence-corrected chi connectivity index (χ4v) is 2.60. The van der Waals surface area contributed by atoms with Crippen molar-refractivity contribution in [2.45, 2.75) is 26.1 Å². The van der Waals surface area contributed by atoms with E-state index in [1.54, 1.807) is 12.4 Å². The third-order valence-corrected chi connectivity index (χ3v) is 3.85. The van der Waals surface area contributed by atoms with Crippen LogP contribution in [0, 0.1) is 13.8 Å². The minimum Gasteiger partial charge on any atom is -0.295 e. The fraction of sp³-hybridized carbons (Fsp3) is 0.250. The first-order valence-corrected chi connectivity index (χ1v) is 7.06. The summed E-state index contributed by atoms with van der Waals surface area (Å²) < 4.78 is 2.14. The zero-order valence-electron chi connectivity index (χ0n) is 11.8. The zero-order chi connectivity index (χ0) is 14.3. The van der Waals surface area contributed by atoms with Crippen LogP contribution in [0.25, 0.3) is 16.7 Å². The largest absolute Gasteiger partial charge is 0.295 e. The van der Waals surface area contributed by atoms with Crippen LogP contribution in [0.4, 0.5) is 0 Å². The van der Waals surface area contributed by atoms with Crippen LogP contribution in [-0.4, -0.2) is 14.5 Å². The fourth-order valence-electron chi connectivity index (χ4n) is 2.45. The molecule has 0 amide bonds. The first kappa shape index (κ1) is 13.1. The molecular formula is C16H16ClN3. The molecule has 102 valence electrons. The van der Waals surface area contributed by atoms with E-state index in [-0.39, 0.29) is 5.38 Å². The standard InChI is InChI=1S/C16H16ClN3/c1-10-5-4-6-14(11(10)2)20-15-7-8-18-9-13(15)19-16(20)12(3)17/h4-9,12H,1-3H3. The molecule has 0 fully saturated rings. The number of benzene rings is 1. The number of hydrogen-bond acceptors (Lipinski definition) is 2. The SMILES string of the molecule is Cc1cccc(-n2c(C(C)Cl)nc3cnccc32)c1C. The van der Waals surface area contributed by atoms with Gasteiger partial charge in [0.05, 0.1) is 22.8 Å². The van der Waals surface area contributed by atoms with E-state index in [1.165, 1.54) is 11.1 Å². The molecule has 4 heteroatoms. The summed E-state index contributed by atoms with van der Waals surface area (Å²) in [6, 6.07) is 8.26. The van der Waals surface area contributed by atoms with Crippen LogP contribution >= 0.6 is 11.6 Å². The van der Waals surface area contributed by atoms with Gasteiger partial charge < -0.3 is 0 Å². The van der Waals surface area contributed by atoms with Crippen molar-refractivity contribution in [1.82, 2.24) is 14.5 Å². The Labute approximate surface area is 123 Å². The lowest BCUT2D eigenvalue weighted by atomic mass is 10.1. The van der Waals surface area contributed by atoms with Crippen molar-refractivity contribution in [3.63, 3.8) is 0 Å². The van der Waals surface area contributed by atoms with Crippen LogP contribution < -0.4 is 0 Å². The summed E-state index contributed by atoms with van der Waals surface area (Å²) in [5.74, 6) is 0.850. The average molecular weight is 286 g/mol. The number of halogens is 1. The predicted octanol–water partition coefficient (Wildman–Crippen LogP) is 4.34. The Bertz CT molecular complexity index is 774. The maximum Gasteiger partial charge on any atom is 0.132 e. The van der Waals surface area contributed by atoms with Crippen molar-refractivity contribution in [2.75, 3.05) is 0 Å². The Kier molecular flexibility index (Phi) is 3.22. The van der Waals surface area contributed by atoms with Gasteiger partial charge in [-0.15, -0.1) is 11.6 Å². The highest BCUT2D eigenvalue weighted by molar-refractivity contribution is 6.20. The third-order valence-electron chi connectivity index (χ3n) is 3.66. The lowest BCUT2D eigenvalue weighted by Crippen LogP contribution is -2.04. The molecule has 0 bridgehead atoms. The molecule has 0 saturated carbocycles. The summed E-state index contributed by atoms with van der Waals surface area (Å²) in [5, 5.41) is -0.165. The lowest BCUT2D eigenvalue weighted by Gasteiger charge is -2.14. The van der Waals surface area contributed by atoms with Crippen molar-refractivity contribution in [2.24, 2.45) is 0 Å². The predicted molar refractivity (Wildman–Crippen MR) is 82.6 cm³/mol. The second-order valence-electron chi connectivity index (χ2n) is 5.00. The summed E-state index contributed by atoms with van der Waals surface area (Å²) in [7, 11) is 0. The van der Waals surface area contributed by atoms with Gasteiger partial charge in [-0.3, -0.25) is 9.55 Å². The molecule has 1 aromatic carbocycles. The summed E-state index contributed by atoms with van der Waals surface area (Å²) in [6.07, 6.45) is 3.56. The quantitative estimate of drug-likeness (QED) is 0.656. The van der Waals surface area contributed by atoms with Gasteiger partial charge in [-0.05, 0) is 44.0 Å². The molecule has 1 atom stereocenters. The molecule has 3 aromatic rings. The number of aromatic nitrogens is 3. The summed E-state index contributed by atoms with van der Waals surface area (Å²) in [5.41, 5.74) is 5.53. The molecule has 0 aliphatic carbocycles. The van der Waals surface area contributed by atoms with Crippen molar-refractivity contribution in [3.8, 4) is 5.69 Å². The Morgan fingerprint density at radius 1 is 1.20 bits per heavy atom. The molecule has 1 unspecified atom stereocenters. The van der Waals surface area contributed by atoms with E-state index in [0.717, 1.165) is 22.5 Å². The second-order valence-corrected chi connectivity index (χ2v) is 5.66. The zero-order valence-corrected chi connectivity index (χ0v) is 12.5. The van der Waals surface area contributed by atoms with Gasteiger partial charge >= 0.3 is 0 Å². The molecule has 3 rings (SSSR count). The van der Waals surface area contributed by atoms with Gasteiger partial charge in [0.1, 0.15) is 11.3 Å². The number of imidazole rings is 1. The van der Waals surface area contributed by atoms with Crippen LogP contribution in [0.3, 0.4) is 0 Å². The minimum atomic E-state index is -0.165. The number of aryl methyl sites for hydroxylation is 1. The van der Waals surface area contributed by atoms with E-state index in [0.29, 0.717) is 0 Å². The Morgan fingerprint density at radius 2 is 2.00 bits per heavy atom. The molecule has 0 saturated heterocycles. The van der Waals surface area contributed by atoms with Gasteiger partial charge in [0.25, 0.3) is 0 Å². The molecule has 2 heterocycles. The number of fused-ring (bicyclic) bond motifs is 1. The maximum absolute atomic E-state index is 6.32. The van der Waals surface area contributed by atoms with Crippen LogP contribution in [-0.2, 0) is 0 Å². The first-order valence-electron chi connectivity index (χ1n) is 6.62. The van der Waals surface area contributed by atoms with Gasteiger partial charge in [0.2, 0.25) is 0 Å². The highest BCUT2D eigenvalue weighted by Crippen LogP contribution is 2.29. The lowest BCUT2D eigenvalue weighted by molar-refractivity contribution is 0.877. The molecule has 0 radical (unpaired) electrons. The van der Waals surface area contributed by atoms with Gasteiger partial charge in [-0.1, -0.05) is 12.1 Å². The highest BCUT2D eigenvalue weighted by Gasteiger charge is 2.17. The highest BCUT2D eigenvalue weighted by atomic mass is 35.5. The molecule has 0 N–H and O–H groups in total. The minimum absolute atomic E-state index is 0.165. The second kappa shape index (κ2) is 4.91. The Hall–Kier alpha value is -1.87. The number of alkyl halides is 1. The number of rotatable bonds is 2. The first-order chi connectivity index (χ1) is 9.59. The van der Waals surface area contributed by atoms with Crippen LogP contribution in [0.5, 0.6) is 0 Å². The smallest absolute Gasteiger partial charge is 0.132 e. The van der Waals surface area contributed by atoms with E-state index in [1.807, 2.05) is 13.0 Å². The maximum atomic E-state index is 6.32. The van der Waals surface area contributed by atoms with Gasteiger partial charge in [-0.2, -0.15) is 0 Å². The molecule has 0 aliphatic heterocycles. The summed E-state index contributed by atoms with van der Waals surface area (Å²) in [6.45, 7) is 6.18. The van der Waals surface area contributed by atoms with Crippen LogP contribution in [0.2, 0.25) is 0 Å². The van der Waals surface area contributed by atoms with E-state index in [9.17, 15) is 0 Å². The van der Waals surface area contributed by atoms with Crippen molar-refractivity contribution < 1.29 is 0 Å². The average Bonchev–Trinajstić information content (AvgIpc) is 2.81. The molecule has 0 spiro atoms. The van der Waals surface area contributed by atoms with Gasteiger partial charge in [0.15, 0.2) is 0 Å². The van der Waals surface area contributed by atoms with Crippen LogP contribution in [0.1, 0.15) is 29.3 Å². The number of hydrogen-bond donors (Lipinski definition) is 0. The van der Waals surface area contributed by atoms with Crippen molar-refractivity contribution in [3.05, 3.63) is 53.6 Å². The molecule has 20 heavy (non-hydrogen) atoms. The normalized spacial score (nSPS) is 12.8. The topological polar surface area (TPSA) is 30.7 Å². The van der Waals surface area contributed by atoms with E-state index in [4.69, 9.17) is 11.6 Å². The molecule has 2 aromatic heterocycles. The monoisotopic (exact) mass is 285 g/mol. The van der Waals surface area contributed by atoms with E-state index in [2.05, 4.69) is 46.6 Å².